The number of amides is 2. The number of nitrogens with one attached hydrogen (secondary N) is 1. The van der Waals surface area contributed by atoms with Gasteiger partial charge in [-0.05, 0) is 56.0 Å². The molecule has 1 aromatic carbocycles. The SMILES string of the molecule is O=C(NC1CC2CCC(C1)N2C(=O)c1ccc2c(c1)OCO2)c1ccncc1. The van der Waals surface area contributed by atoms with Crippen LogP contribution in [0.3, 0.4) is 0 Å². The second kappa shape index (κ2) is 6.82. The van der Waals surface area contributed by atoms with Crippen molar-refractivity contribution in [2.45, 2.75) is 43.8 Å². The number of fused-ring (bicyclic) bond motifs is 3. The first kappa shape index (κ1) is 17.0. The second-order valence-electron chi connectivity index (χ2n) is 7.54. The molecule has 2 unspecified atom stereocenters. The average Bonchev–Trinajstić information content (AvgIpc) is 3.29. The fraction of sp³-hybridized carbons (Fsp3) is 0.381. The minimum absolute atomic E-state index is 0.0321. The van der Waals surface area contributed by atoms with Crippen LogP contribution in [-0.2, 0) is 0 Å². The highest BCUT2D eigenvalue weighted by atomic mass is 16.7. The van der Waals surface area contributed by atoms with Crippen molar-refractivity contribution < 1.29 is 19.1 Å². The van der Waals surface area contributed by atoms with Crippen LogP contribution in [0.4, 0.5) is 0 Å². The van der Waals surface area contributed by atoms with Crippen molar-refractivity contribution in [1.82, 2.24) is 15.2 Å². The lowest BCUT2D eigenvalue weighted by molar-refractivity contribution is 0.0549. The minimum Gasteiger partial charge on any atom is -0.454 e. The molecule has 0 saturated carbocycles. The van der Waals surface area contributed by atoms with Gasteiger partial charge in [-0.2, -0.15) is 0 Å². The lowest BCUT2D eigenvalue weighted by Crippen LogP contribution is -2.52. The van der Waals surface area contributed by atoms with Crippen LogP contribution in [0, 0.1) is 0 Å². The van der Waals surface area contributed by atoms with Crippen LogP contribution < -0.4 is 14.8 Å². The highest BCUT2D eigenvalue weighted by Gasteiger charge is 2.44. The van der Waals surface area contributed by atoms with Crippen molar-refractivity contribution >= 4 is 11.8 Å². The smallest absolute Gasteiger partial charge is 0.254 e. The third kappa shape index (κ3) is 2.96. The van der Waals surface area contributed by atoms with Crippen LogP contribution in [-0.4, -0.2) is 46.6 Å². The summed E-state index contributed by atoms with van der Waals surface area (Å²) >= 11 is 0. The lowest BCUT2D eigenvalue weighted by Gasteiger charge is -2.39. The van der Waals surface area contributed by atoms with Crippen LogP contribution >= 0.6 is 0 Å². The number of aromatic nitrogens is 1. The maximum Gasteiger partial charge on any atom is 0.254 e. The summed E-state index contributed by atoms with van der Waals surface area (Å²) in [7, 11) is 0. The quantitative estimate of drug-likeness (QED) is 0.886. The molecule has 2 atom stereocenters. The number of hydrogen-bond donors (Lipinski definition) is 1. The fourth-order valence-electron chi connectivity index (χ4n) is 4.58. The van der Waals surface area contributed by atoms with Gasteiger partial charge in [-0.15, -0.1) is 0 Å². The van der Waals surface area contributed by atoms with Gasteiger partial charge in [-0.3, -0.25) is 14.6 Å². The molecule has 0 radical (unpaired) electrons. The molecule has 3 aliphatic heterocycles. The van der Waals surface area contributed by atoms with E-state index in [1.807, 2.05) is 4.90 Å². The predicted octanol–water partition coefficient (Wildman–Crippen LogP) is 2.38. The molecule has 7 heteroatoms. The van der Waals surface area contributed by atoms with E-state index in [-0.39, 0.29) is 36.7 Å². The van der Waals surface area contributed by atoms with E-state index in [0.29, 0.717) is 22.6 Å². The van der Waals surface area contributed by atoms with Gasteiger partial charge in [0.15, 0.2) is 11.5 Å². The fourth-order valence-corrected chi connectivity index (χ4v) is 4.58. The Morgan fingerprint density at radius 1 is 0.964 bits per heavy atom. The van der Waals surface area contributed by atoms with Gasteiger partial charge in [-0.1, -0.05) is 0 Å². The third-order valence-corrected chi connectivity index (χ3v) is 5.86. The van der Waals surface area contributed by atoms with Crippen LogP contribution in [0.25, 0.3) is 0 Å². The van der Waals surface area contributed by atoms with E-state index in [4.69, 9.17) is 9.47 Å². The van der Waals surface area contributed by atoms with E-state index < -0.39 is 0 Å². The first-order valence-electron chi connectivity index (χ1n) is 9.62. The number of rotatable bonds is 3. The van der Waals surface area contributed by atoms with E-state index in [1.54, 1.807) is 42.7 Å². The molecule has 5 rings (SSSR count). The third-order valence-electron chi connectivity index (χ3n) is 5.86. The van der Waals surface area contributed by atoms with E-state index in [2.05, 4.69) is 10.3 Å². The summed E-state index contributed by atoms with van der Waals surface area (Å²) in [6.45, 7) is 0.195. The van der Waals surface area contributed by atoms with Crippen LogP contribution in [0.1, 0.15) is 46.4 Å². The largest absolute Gasteiger partial charge is 0.454 e. The molecule has 2 fully saturated rings. The van der Waals surface area contributed by atoms with E-state index >= 15 is 0 Å². The van der Waals surface area contributed by atoms with E-state index in [1.165, 1.54) is 0 Å². The zero-order chi connectivity index (χ0) is 19.1. The van der Waals surface area contributed by atoms with E-state index in [0.717, 1.165) is 25.7 Å². The maximum absolute atomic E-state index is 13.1. The monoisotopic (exact) mass is 379 g/mol. The predicted molar refractivity (Wildman–Crippen MR) is 100 cm³/mol. The zero-order valence-electron chi connectivity index (χ0n) is 15.3. The van der Waals surface area contributed by atoms with Crippen molar-refractivity contribution in [2.75, 3.05) is 6.79 Å². The topological polar surface area (TPSA) is 80.8 Å². The molecule has 144 valence electrons. The summed E-state index contributed by atoms with van der Waals surface area (Å²) in [5, 5.41) is 3.13. The van der Waals surface area contributed by atoms with Gasteiger partial charge in [0.1, 0.15) is 0 Å². The molecule has 0 aliphatic carbocycles. The molecule has 0 spiro atoms. The molecule has 4 heterocycles. The standard InChI is InChI=1S/C21H21N3O4/c25-20(13-5-7-22-8-6-13)23-15-10-16-2-3-17(11-15)24(16)21(26)14-1-4-18-19(9-14)28-12-27-18/h1,4-9,15-17H,2-3,10-12H2,(H,23,25). The molecule has 2 aromatic rings. The number of carbonyl (C=O) groups is 2. The Bertz CT molecular complexity index is 903. The summed E-state index contributed by atoms with van der Waals surface area (Å²) in [5.74, 6) is 1.25. The lowest BCUT2D eigenvalue weighted by atomic mass is 9.96. The first-order valence-corrected chi connectivity index (χ1v) is 9.62. The van der Waals surface area contributed by atoms with Crippen molar-refractivity contribution in [3.05, 3.63) is 53.9 Å². The molecule has 28 heavy (non-hydrogen) atoms. The van der Waals surface area contributed by atoms with Gasteiger partial charge in [0.05, 0.1) is 0 Å². The van der Waals surface area contributed by atoms with Crippen molar-refractivity contribution in [1.29, 1.82) is 0 Å². The van der Waals surface area contributed by atoms with Crippen molar-refractivity contribution in [2.24, 2.45) is 0 Å². The van der Waals surface area contributed by atoms with Gasteiger partial charge in [0.25, 0.3) is 11.8 Å². The summed E-state index contributed by atoms with van der Waals surface area (Å²) < 4.78 is 10.7. The molecular weight excluding hydrogens is 358 g/mol. The normalized spacial score (nSPS) is 24.9. The van der Waals surface area contributed by atoms with Gasteiger partial charge in [0, 0.05) is 41.6 Å². The molecule has 3 aliphatic rings. The van der Waals surface area contributed by atoms with Crippen molar-refractivity contribution in [3.8, 4) is 11.5 Å². The number of pyridine rings is 1. The molecule has 7 nitrogen and oxygen atoms in total. The Morgan fingerprint density at radius 2 is 1.68 bits per heavy atom. The Kier molecular flexibility index (Phi) is 4.15. The molecule has 2 amide bonds. The van der Waals surface area contributed by atoms with E-state index in [9.17, 15) is 9.59 Å². The van der Waals surface area contributed by atoms with Gasteiger partial charge in [-0.25, -0.2) is 0 Å². The first-order chi connectivity index (χ1) is 13.7. The number of carbonyl (C=O) groups excluding carboxylic acids is 2. The maximum atomic E-state index is 13.1. The van der Waals surface area contributed by atoms with Gasteiger partial charge >= 0.3 is 0 Å². The average molecular weight is 379 g/mol. The van der Waals surface area contributed by atoms with Gasteiger partial charge < -0.3 is 19.7 Å². The van der Waals surface area contributed by atoms with Crippen LogP contribution in [0.5, 0.6) is 11.5 Å². The summed E-state index contributed by atoms with van der Waals surface area (Å²) in [5.41, 5.74) is 1.24. The Labute approximate surface area is 162 Å². The molecular formula is C21H21N3O4. The Hall–Kier alpha value is -3.09. The number of nitrogens with zero attached hydrogens (tertiary/aromatic N) is 2. The van der Waals surface area contributed by atoms with Crippen LogP contribution in [0.2, 0.25) is 0 Å². The highest BCUT2D eigenvalue weighted by molar-refractivity contribution is 5.96. The molecule has 1 N–H and O–H groups in total. The Balaban J connectivity index is 1.28. The molecule has 2 saturated heterocycles. The summed E-state index contributed by atoms with van der Waals surface area (Å²) in [4.78, 5) is 31.5. The summed E-state index contributed by atoms with van der Waals surface area (Å²) in [6, 6.07) is 9.16. The molecule has 2 bridgehead atoms. The minimum atomic E-state index is -0.0812. The van der Waals surface area contributed by atoms with Crippen LogP contribution in [0.15, 0.2) is 42.7 Å². The van der Waals surface area contributed by atoms with Crippen molar-refractivity contribution in [3.63, 3.8) is 0 Å². The second-order valence-corrected chi connectivity index (χ2v) is 7.54. The number of piperidine rings is 1. The Morgan fingerprint density at radius 3 is 2.43 bits per heavy atom. The summed E-state index contributed by atoms with van der Waals surface area (Å²) in [6.07, 6.45) is 6.74. The highest BCUT2D eigenvalue weighted by Crippen LogP contribution is 2.38. The number of hydrogen-bond acceptors (Lipinski definition) is 5. The molecule has 1 aromatic heterocycles. The zero-order valence-corrected chi connectivity index (χ0v) is 15.3. The number of ether oxygens (including phenoxy) is 2. The number of benzene rings is 1. The van der Waals surface area contributed by atoms with Gasteiger partial charge in [0.2, 0.25) is 6.79 Å².